The van der Waals surface area contributed by atoms with Crippen molar-refractivity contribution in [2.24, 2.45) is 5.92 Å². The first-order valence-electron chi connectivity index (χ1n) is 4.91. The van der Waals surface area contributed by atoms with Crippen molar-refractivity contribution < 1.29 is 9.18 Å². The molecule has 2 fully saturated rings. The highest BCUT2D eigenvalue weighted by molar-refractivity contribution is 5.80. The van der Waals surface area contributed by atoms with E-state index in [1.165, 1.54) is 0 Å². The Morgan fingerprint density at radius 2 is 2.31 bits per heavy atom. The van der Waals surface area contributed by atoms with Crippen molar-refractivity contribution in [3.05, 3.63) is 0 Å². The maximum Gasteiger partial charge on any atom is 0.223 e. The summed E-state index contributed by atoms with van der Waals surface area (Å²) in [6.45, 7) is 1.01. The predicted octanol–water partition coefficient (Wildman–Crippen LogP) is 0.213. The Labute approximate surface area is 77.1 Å². The van der Waals surface area contributed by atoms with E-state index in [9.17, 15) is 9.18 Å². The van der Waals surface area contributed by atoms with Gasteiger partial charge in [-0.25, -0.2) is 4.39 Å². The summed E-state index contributed by atoms with van der Waals surface area (Å²) in [5.41, 5.74) is 0. The van der Waals surface area contributed by atoms with E-state index >= 15 is 0 Å². The normalized spacial score (nSPS) is 33.3. The maximum absolute atomic E-state index is 12.7. The topological polar surface area (TPSA) is 41.1 Å². The summed E-state index contributed by atoms with van der Waals surface area (Å²) in [4.78, 5) is 11.2. The number of hydrogen-bond acceptors (Lipinski definition) is 2. The number of alkyl halides is 1. The minimum Gasteiger partial charge on any atom is -0.354 e. The molecule has 1 heterocycles. The van der Waals surface area contributed by atoms with Crippen LogP contribution in [0, 0.1) is 5.92 Å². The Morgan fingerprint density at radius 1 is 1.54 bits per heavy atom. The highest BCUT2D eigenvalue weighted by Crippen LogP contribution is 2.28. The fraction of sp³-hybridized carbons (Fsp3) is 0.889. The summed E-state index contributed by atoms with van der Waals surface area (Å²) in [7, 11) is 0. The Kier molecular flexibility index (Phi) is 2.49. The van der Waals surface area contributed by atoms with Crippen molar-refractivity contribution in [1.82, 2.24) is 10.6 Å². The van der Waals surface area contributed by atoms with E-state index in [0.29, 0.717) is 19.5 Å². The number of carbonyl (C=O) groups is 1. The highest BCUT2D eigenvalue weighted by Gasteiger charge is 2.30. The fourth-order valence-electron chi connectivity index (χ4n) is 1.64. The van der Waals surface area contributed by atoms with Gasteiger partial charge in [0.05, 0.1) is 0 Å². The van der Waals surface area contributed by atoms with Crippen LogP contribution in [0.2, 0.25) is 0 Å². The quantitative estimate of drug-likeness (QED) is 0.661. The van der Waals surface area contributed by atoms with Gasteiger partial charge in [0.25, 0.3) is 0 Å². The molecular formula is C9H15FN2O. The number of nitrogens with one attached hydrogen (secondary N) is 2. The summed E-state index contributed by atoms with van der Waals surface area (Å²) in [5, 5.41) is 5.87. The molecule has 1 saturated carbocycles. The lowest BCUT2D eigenvalue weighted by Gasteiger charge is -2.10. The van der Waals surface area contributed by atoms with E-state index in [1.807, 2.05) is 0 Å². The molecule has 2 N–H and O–H groups in total. The van der Waals surface area contributed by atoms with E-state index in [4.69, 9.17) is 0 Å². The molecule has 0 bridgehead atoms. The summed E-state index contributed by atoms with van der Waals surface area (Å²) in [5.74, 6) is 0.395. The number of halogens is 1. The molecule has 0 radical (unpaired) electrons. The van der Waals surface area contributed by atoms with Crippen molar-refractivity contribution >= 4 is 5.91 Å². The van der Waals surface area contributed by atoms with Crippen LogP contribution in [0.4, 0.5) is 4.39 Å². The van der Waals surface area contributed by atoms with Gasteiger partial charge in [-0.05, 0) is 19.3 Å². The van der Waals surface area contributed by atoms with E-state index < -0.39 is 6.17 Å². The van der Waals surface area contributed by atoms with E-state index in [0.717, 1.165) is 12.8 Å². The molecule has 1 aliphatic carbocycles. The van der Waals surface area contributed by atoms with Crippen LogP contribution in [0.5, 0.6) is 0 Å². The van der Waals surface area contributed by atoms with Crippen LogP contribution in [0.15, 0.2) is 0 Å². The Morgan fingerprint density at radius 3 is 2.85 bits per heavy atom. The molecule has 2 atom stereocenters. The van der Waals surface area contributed by atoms with Gasteiger partial charge >= 0.3 is 0 Å². The first kappa shape index (κ1) is 8.94. The van der Waals surface area contributed by atoms with E-state index in [-0.39, 0.29) is 17.9 Å². The minimum atomic E-state index is -0.733. The predicted molar refractivity (Wildman–Crippen MR) is 47.0 cm³/mol. The van der Waals surface area contributed by atoms with Gasteiger partial charge in [-0.3, -0.25) is 4.79 Å². The standard InChI is InChI=1S/C9H15FN2O/c10-7-3-8(11-4-7)5-12-9(13)6-1-2-6/h6-8,11H,1-5H2,(H,12,13)/t7-,8-/m0/s1. The maximum atomic E-state index is 12.7. The Balaban J connectivity index is 1.64. The summed E-state index contributed by atoms with van der Waals surface area (Å²) < 4.78 is 12.7. The van der Waals surface area contributed by atoms with Crippen molar-refractivity contribution in [2.75, 3.05) is 13.1 Å². The smallest absolute Gasteiger partial charge is 0.223 e. The van der Waals surface area contributed by atoms with Gasteiger partial charge in [-0.15, -0.1) is 0 Å². The van der Waals surface area contributed by atoms with Crippen LogP contribution in [-0.2, 0) is 4.79 Å². The molecule has 1 aliphatic heterocycles. The number of hydrogen-bond donors (Lipinski definition) is 2. The van der Waals surface area contributed by atoms with Gasteiger partial charge in [0, 0.05) is 25.0 Å². The van der Waals surface area contributed by atoms with Crippen LogP contribution in [0.1, 0.15) is 19.3 Å². The average molecular weight is 186 g/mol. The van der Waals surface area contributed by atoms with Crippen LogP contribution in [-0.4, -0.2) is 31.2 Å². The van der Waals surface area contributed by atoms with Gasteiger partial charge in [-0.1, -0.05) is 0 Å². The zero-order valence-corrected chi connectivity index (χ0v) is 7.55. The lowest BCUT2D eigenvalue weighted by molar-refractivity contribution is -0.122. The molecule has 3 nitrogen and oxygen atoms in total. The van der Waals surface area contributed by atoms with Gasteiger partial charge in [0.15, 0.2) is 0 Å². The highest BCUT2D eigenvalue weighted by atomic mass is 19.1. The van der Waals surface area contributed by atoms with Crippen molar-refractivity contribution in [3.63, 3.8) is 0 Å². The SMILES string of the molecule is O=C(NC[C@@H]1C[C@H](F)CN1)C1CC1. The monoisotopic (exact) mass is 186 g/mol. The van der Waals surface area contributed by atoms with Crippen molar-refractivity contribution in [3.8, 4) is 0 Å². The molecule has 1 saturated heterocycles. The van der Waals surface area contributed by atoms with Crippen molar-refractivity contribution in [2.45, 2.75) is 31.5 Å². The van der Waals surface area contributed by atoms with Gasteiger partial charge in [0.2, 0.25) is 5.91 Å². The summed E-state index contributed by atoms with van der Waals surface area (Å²) >= 11 is 0. The molecule has 0 spiro atoms. The Hall–Kier alpha value is -0.640. The van der Waals surface area contributed by atoms with E-state index in [2.05, 4.69) is 10.6 Å². The largest absolute Gasteiger partial charge is 0.354 e. The fourth-order valence-corrected chi connectivity index (χ4v) is 1.64. The van der Waals surface area contributed by atoms with Crippen LogP contribution < -0.4 is 10.6 Å². The Bertz CT molecular complexity index is 206. The third kappa shape index (κ3) is 2.40. The number of carbonyl (C=O) groups excluding carboxylic acids is 1. The molecule has 74 valence electrons. The molecule has 2 aliphatic rings. The van der Waals surface area contributed by atoms with Crippen LogP contribution in [0.25, 0.3) is 0 Å². The lowest BCUT2D eigenvalue weighted by Crippen LogP contribution is -2.37. The van der Waals surface area contributed by atoms with Crippen LogP contribution in [0.3, 0.4) is 0 Å². The van der Waals surface area contributed by atoms with Gasteiger partial charge in [0.1, 0.15) is 6.17 Å². The molecule has 0 aromatic carbocycles. The minimum absolute atomic E-state index is 0.137. The zero-order chi connectivity index (χ0) is 9.26. The first-order valence-corrected chi connectivity index (χ1v) is 4.91. The van der Waals surface area contributed by atoms with Gasteiger partial charge in [-0.2, -0.15) is 0 Å². The second kappa shape index (κ2) is 3.62. The molecule has 4 heteroatoms. The third-order valence-corrected chi connectivity index (χ3v) is 2.64. The van der Waals surface area contributed by atoms with Gasteiger partial charge < -0.3 is 10.6 Å². The molecular weight excluding hydrogens is 171 g/mol. The number of amides is 1. The van der Waals surface area contributed by atoms with Crippen molar-refractivity contribution in [1.29, 1.82) is 0 Å². The summed E-state index contributed by atoms with van der Waals surface area (Å²) in [6, 6.07) is 0.137. The number of rotatable bonds is 3. The molecule has 2 rings (SSSR count). The second-order valence-corrected chi connectivity index (χ2v) is 3.96. The molecule has 1 amide bonds. The average Bonchev–Trinajstić information content (AvgIpc) is 2.87. The van der Waals surface area contributed by atoms with Crippen LogP contribution >= 0.6 is 0 Å². The molecule has 0 aromatic heterocycles. The second-order valence-electron chi connectivity index (χ2n) is 3.96. The zero-order valence-electron chi connectivity index (χ0n) is 7.55. The van der Waals surface area contributed by atoms with E-state index in [1.54, 1.807) is 0 Å². The summed E-state index contributed by atoms with van der Waals surface area (Å²) in [6.07, 6.45) is 1.85. The lowest BCUT2D eigenvalue weighted by atomic mass is 10.2. The molecule has 0 aromatic rings. The molecule has 13 heavy (non-hydrogen) atoms. The third-order valence-electron chi connectivity index (χ3n) is 2.64. The first-order chi connectivity index (χ1) is 6.25. The molecule has 0 unspecified atom stereocenters.